The Labute approximate surface area is 96.8 Å². The monoisotopic (exact) mass is 240 g/mol. The lowest BCUT2D eigenvalue weighted by molar-refractivity contribution is -0.385. The van der Waals surface area contributed by atoms with Gasteiger partial charge in [0.1, 0.15) is 6.54 Å². The minimum absolute atomic E-state index is 0.196. The number of carbonyl (C=O) groups excluding carboxylic acids is 1. The third-order valence-corrected chi connectivity index (χ3v) is 2.11. The summed E-state index contributed by atoms with van der Waals surface area (Å²) in [4.78, 5) is 32.7. The molecule has 1 heterocycles. The summed E-state index contributed by atoms with van der Waals surface area (Å²) in [6, 6.07) is 1.12. The van der Waals surface area contributed by atoms with Crippen molar-refractivity contribution in [2.45, 2.75) is 20.4 Å². The molecule has 0 bridgehead atoms. The number of pyridine rings is 1. The first-order valence-electron chi connectivity index (χ1n) is 4.96. The third-order valence-electron chi connectivity index (χ3n) is 2.11. The Morgan fingerprint density at radius 1 is 1.59 bits per heavy atom. The smallest absolute Gasteiger partial charge is 0.326 e. The fraction of sp³-hybridized carbons (Fsp3) is 0.400. The molecule has 1 aromatic rings. The minimum Gasteiger partial charge on any atom is -0.465 e. The van der Waals surface area contributed by atoms with Crippen molar-refractivity contribution in [1.82, 2.24) is 4.57 Å². The van der Waals surface area contributed by atoms with Gasteiger partial charge < -0.3 is 4.74 Å². The number of nitro groups is 1. The van der Waals surface area contributed by atoms with Gasteiger partial charge in [-0.25, -0.2) is 0 Å². The molecule has 0 saturated carbocycles. The van der Waals surface area contributed by atoms with Crippen LogP contribution < -0.4 is 5.56 Å². The molecule has 0 N–H and O–H groups in total. The summed E-state index contributed by atoms with van der Waals surface area (Å²) in [6.45, 7) is 2.97. The first-order chi connectivity index (χ1) is 7.95. The normalized spacial score (nSPS) is 10.0. The topological polar surface area (TPSA) is 91.4 Å². The van der Waals surface area contributed by atoms with Gasteiger partial charge in [0.2, 0.25) is 0 Å². The molecule has 1 aromatic heterocycles. The quantitative estimate of drug-likeness (QED) is 0.437. The first kappa shape index (κ1) is 12.9. The molecule has 0 aliphatic rings. The molecule has 1 rings (SSSR count). The zero-order valence-corrected chi connectivity index (χ0v) is 9.50. The van der Waals surface area contributed by atoms with Gasteiger partial charge in [0.15, 0.2) is 0 Å². The van der Waals surface area contributed by atoms with Crippen LogP contribution in [0.3, 0.4) is 0 Å². The second kappa shape index (κ2) is 5.24. The number of esters is 1. The molecule has 7 heteroatoms. The summed E-state index contributed by atoms with van der Waals surface area (Å²) in [7, 11) is 0. The molecular formula is C10H12N2O5. The molecular weight excluding hydrogens is 228 g/mol. The lowest BCUT2D eigenvalue weighted by atomic mass is 10.2. The average Bonchev–Trinajstić information content (AvgIpc) is 2.21. The minimum atomic E-state index is -0.604. The maximum absolute atomic E-state index is 11.5. The number of ether oxygens (including phenoxy) is 1. The summed E-state index contributed by atoms with van der Waals surface area (Å²) in [6.07, 6.45) is 1.05. The van der Waals surface area contributed by atoms with E-state index in [0.717, 1.165) is 16.8 Å². The van der Waals surface area contributed by atoms with Gasteiger partial charge in [-0.05, 0) is 13.8 Å². The van der Waals surface area contributed by atoms with E-state index in [-0.39, 0.29) is 24.4 Å². The van der Waals surface area contributed by atoms with Crippen molar-refractivity contribution in [3.8, 4) is 0 Å². The first-order valence-corrected chi connectivity index (χ1v) is 4.96. The highest BCUT2D eigenvalue weighted by molar-refractivity contribution is 5.69. The predicted octanol–water partition coefficient (Wildman–Crippen LogP) is 0.628. The van der Waals surface area contributed by atoms with Crippen LogP contribution in [0.5, 0.6) is 0 Å². The van der Waals surface area contributed by atoms with E-state index in [9.17, 15) is 19.7 Å². The van der Waals surface area contributed by atoms with Crippen LogP contribution >= 0.6 is 0 Å². The molecule has 0 aromatic carbocycles. The van der Waals surface area contributed by atoms with E-state index in [1.54, 1.807) is 6.92 Å². The van der Waals surface area contributed by atoms with Gasteiger partial charge in [0, 0.05) is 11.6 Å². The molecule has 0 aliphatic carbocycles. The number of aromatic nitrogens is 1. The van der Waals surface area contributed by atoms with Crippen molar-refractivity contribution in [3.05, 3.63) is 38.3 Å². The highest BCUT2D eigenvalue weighted by atomic mass is 16.6. The molecule has 0 amide bonds. The highest BCUT2D eigenvalue weighted by Gasteiger charge is 2.14. The summed E-state index contributed by atoms with van der Waals surface area (Å²) in [5, 5.41) is 10.7. The number of aryl methyl sites for hydroxylation is 1. The zero-order chi connectivity index (χ0) is 13.0. The van der Waals surface area contributed by atoms with Crippen molar-refractivity contribution in [2.75, 3.05) is 6.61 Å². The van der Waals surface area contributed by atoms with E-state index in [2.05, 4.69) is 4.74 Å². The van der Waals surface area contributed by atoms with Crippen LogP contribution in [0.1, 0.15) is 12.5 Å². The van der Waals surface area contributed by atoms with Crippen molar-refractivity contribution in [1.29, 1.82) is 0 Å². The molecule has 0 aliphatic heterocycles. The van der Waals surface area contributed by atoms with Crippen LogP contribution in [-0.2, 0) is 16.1 Å². The Morgan fingerprint density at radius 3 is 2.76 bits per heavy atom. The fourth-order valence-electron chi connectivity index (χ4n) is 1.32. The van der Waals surface area contributed by atoms with Crippen molar-refractivity contribution < 1.29 is 14.5 Å². The van der Waals surface area contributed by atoms with Gasteiger partial charge in [-0.3, -0.25) is 24.3 Å². The van der Waals surface area contributed by atoms with Gasteiger partial charge >= 0.3 is 5.97 Å². The summed E-state index contributed by atoms with van der Waals surface area (Å²) in [5.74, 6) is -0.604. The number of rotatable bonds is 4. The molecule has 0 unspecified atom stereocenters. The lowest BCUT2D eigenvalue weighted by Gasteiger charge is -2.05. The number of carbonyl (C=O) groups is 1. The maximum Gasteiger partial charge on any atom is 0.326 e. The maximum atomic E-state index is 11.5. The summed E-state index contributed by atoms with van der Waals surface area (Å²) in [5.41, 5.74) is -0.407. The standard InChI is InChI=1S/C10H12N2O5/c1-3-17-10(14)6-11-5-8(12(15)16)7(2)4-9(11)13/h4-5H,3,6H2,1-2H3. The molecule has 7 nitrogen and oxygen atoms in total. The van der Waals surface area contributed by atoms with Crippen LogP contribution in [0.25, 0.3) is 0 Å². The molecule has 0 fully saturated rings. The van der Waals surface area contributed by atoms with Crippen molar-refractivity contribution in [3.63, 3.8) is 0 Å². The molecule has 17 heavy (non-hydrogen) atoms. The van der Waals surface area contributed by atoms with Crippen molar-refractivity contribution in [2.24, 2.45) is 0 Å². The van der Waals surface area contributed by atoms with E-state index < -0.39 is 16.5 Å². The Balaban J connectivity index is 3.08. The molecule has 0 saturated heterocycles. The lowest BCUT2D eigenvalue weighted by Crippen LogP contribution is -2.25. The Hall–Kier alpha value is -2.18. The molecule has 92 valence electrons. The molecule has 0 radical (unpaired) electrons. The van der Waals surface area contributed by atoms with Gasteiger partial charge in [-0.2, -0.15) is 0 Å². The van der Waals surface area contributed by atoms with Crippen LogP contribution in [0, 0.1) is 17.0 Å². The summed E-state index contributed by atoms with van der Waals surface area (Å²) < 4.78 is 5.62. The Bertz CT molecular complexity index is 506. The molecule has 0 spiro atoms. The largest absolute Gasteiger partial charge is 0.465 e. The Morgan fingerprint density at radius 2 is 2.24 bits per heavy atom. The van der Waals surface area contributed by atoms with Crippen LogP contribution in [0.2, 0.25) is 0 Å². The van der Waals surface area contributed by atoms with E-state index in [1.807, 2.05) is 0 Å². The van der Waals surface area contributed by atoms with Gasteiger partial charge in [-0.15, -0.1) is 0 Å². The van der Waals surface area contributed by atoms with Crippen molar-refractivity contribution >= 4 is 11.7 Å². The summed E-state index contributed by atoms with van der Waals surface area (Å²) >= 11 is 0. The van der Waals surface area contributed by atoms with Gasteiger partial charge in [0.25, 0.3) is 11.2 Å². The SMILES string of the molecule is CCOC(=O)Cn1cc([N+](=O)[O-])c(C)cc1=O. The van der Waals surface area contributed by atoms with E-state index in [0.29, 0.717) is 0 Å². The highest BCUT2D eigenvalue weighted by Crippen LogP contribution is 2.13. The second-order valence-electron chi connectivity index (χ2n) is 3.37. The molecule has 0 atom stereocenters. The Kier molecular flexibility index (Phi) is 3.97. The predicted molar refractivity (Wildman–Crippen MR) is 58.7 cm³/mol. The van der Waals surface area contributed by atoms with E-state index >= 15 is 0 Å². The van der Waals surface area contributed by atoms with Gasteiger partial charge in [0.05, 0.1) is 17.7 Å². The number of hydrogen-bond donors (Lipinski definition) is 0. The average molecular weight is 240 g/mol. The van der Waals surface area contributed by atoms with Crippen LogP contribution in [0.4, 0.5) is 5.69 Å². The van der Waals surface area contributed by atoms with E-state index in [1.165, 1.54) is 6.92 Å². The van der Waals surface area contributed by atoms with Crippen LogP contribution in [0.15, 0.2) is 17.1 Å². The van der Waals surface area contributed by atoms with Crippen LogP contribution in [-0.4, -0.2) is 22.1 Å². The fourth-order valence-corrected chi connectivity index (χ4v) is 1.32. The third kappa shape index (κ3) is 3.13. The van der Waals surface area contributed by atoms with Gasteiger partial charge in [-0.1, -0.05) is 0 Å². The number of nitrogens with zero attached hydrogens (tertiary/aromatic N) is 2. The second-order valence-corrected chi connectivity index (χ2v) is 3.37. The van der Waals surface area contributed by atoms with E-state index in [4.69, 9.17) is 0 Å². The number of hydrogen-bond acceptors (Lipinski definition) is 5. The zero-order valence-electron chi connectivity index (χ0n) is 9.50.